The third-order valence-electron chi connectivity index (χ3n) is 2.42. The standard InChI is InChI=1S/C12H8N4OS/c13-6-8-4-10(14-7-8)12-15-11(16-17-12)5-9-2-1-3-18-9/h1-4,7,14H,5H2. The van der Waals surface area contributed by atoms with E-state index in [0.717, 1.165) is 0 Å². The largest absolute Gasteiger partial charge is 0.356 e. The van der Waals surface area contributed by atoms with E-state index in [1.165, 1.54) is 4.88 Å². The second-order valence-corrected chi connectivity index (χ2v) is 4.72. The van der Waals surface area contributed by atoms with Crippen molar-refractivity contribution in [1.29, 1.82) is 5.26 Å². The van der Waals surface area contributed by atoms with E-state index in [4.69, 9.17) is 9.78 Å². The van der Waals surface area contributed by atoms with Crippen LogP contribution in [0.2, 0.25) is 0 Å². The molecule has 3 aromatic rings. The van der Waals surface area contributed by atoms with Gasteiger partial charge in [-0.3, -0.25) is 0 Å². The summed E-state index contributed by atoms with van der Waals surface area (Å²) in [4.78, 5) is 8.41. The highest BCUT2D eigenvalue weighted by Crippen LogP contribution is 2.18. The molecule has 0 amide bonds. The first-order valence-electron chi connectivity index (χ1n) is 5.29. The van der Waals surface area contributed by atoms with Crippen molar-refractivity contribution in [2.45, 2.75) is 6.42 Å². The summed E-state index contributed by atoms with van der Waals surface area (Å²) in [6.07, 6.45) is 2.27. The lowest BCUT2D eigenvalue weighted by molar-refractivity contribution is 0.423. The molecule has 3 rings (SSSR count). The van der Waals surface area contributed by atoms with Gasteiger partial charge in [-0.05, 0) is 17.5 Å². The Balaban J connectivity index is 1.83. The van der Waals surface area contributed by atoms with Gasteiger partial charge in [0.15, 0.2) is 5.82 Å². The number of aromatic nitrogens is 3. The Morgan fingerprint density at radius 3 is 3.17 bits per heavy atom. The molecular weight excluding hydrogens is 248 g/mol. The Kier molecular flexibility index (Phi) is 2.67. The van der Waals surface area contributed by atoms with Crippen molar-refractivity contribution >= 4 is 11.3 Å². The summed E-state index contributed by atoms with van der Waals surface area (Å²) in [5, 5.41) is 14.7. The Hall–Kier alpha value is -2.39. The van der Waals surface area contributed by atoms with Gasteiger partial charge < -0.3 is 9.51 Å². The van der Waals surface area contributed by atoms with Gasteiger partial charge in [0.05, 0.1) is 5.56 Å². The number of rotatable bonds is 3. The third-order valence-corrected chi connectivity index (χ3v) is 3.30. The van der Waals surface area contributed by atoms with Gasteiger partial charge in [-0.15, -0.1) is 11.3 Å². The van der Waals surface area contributed by atoms with Crippen LogP contribution in [0.3, 0.4) is 0 Å². The molecule has 0 bridgehead atoms. The number of nitrogens with one attached hydrogen (secondary N) is 1. The van der Waals surface area contributed by atoms with E-state index in [-0.39, 0.29) is 0 Å². The summed E-state index contributed by atoms with van der Waals surface area (Å²) < 4.78 is 5.16. The Labute approximate surface area is 107 Å². The van der Waals surface area contributed by atoms with Gasteiger partial charge in [0.2, 0.25) is 0 Å². The van der Waals surface area contributed by atoms with E-state index in [2.05, 4.69) is 15.1 Å². The lowest BCUT2D eigenvalue weighted by Gasteiger charge is -1.87. The van der Waals surface area contributed by atoms with Gasteiger partial charge in [-0.25, -0.2) is 0 Å². The molecule has 0 saturated heterocycles. The first-order chi connectivity index (χ1) is 8.85. The summed E-state index contributed by atoms with van der Waals surface area (Å²) in [7, 11) is 0. The minimum absolute atomic E-state index is 0.406. The van der Waals surface area contributed by atoms with Crippen molar-refractivity contribution in [3.8, 4) is 17.7 Å². The Morgan fingerprint density at radius 1 is 1.50 bits per heavy atom. The average molecular weight is 256 g/mol. The van der Waals surface area contributed by atoms with Crippen LogP contribution >= 0.6 is 11.3 Å². The zero-order valence-corrected chi connectivity index (χ0v) is 10.1. The van der Waals surface area contributed by atoms with Crippen LogP contribution in [0.25, 0.3) is 11.6 Å². The molecule has 0 aromatic carbocycles. The highest BCUT2D eigenvalue weighted by molar-refractivity contribution is 7.09. The van der Waals surface area contributed by atoms with E-state index >= 15 is 0 Å². The molecule has 88 valence electrons. The number of aromatic amines is 1. The van der Waals surface area contributed by atoms with Gasteiger partial charge >= 0.3 is 0 Å². The zero-order valence-electron chi connectivity index (χ0n) is 9.25. The fourth-order valence-corrected chi connectivity index (χ4v) is 2.29. The number of thiophene rings is 1. The monoisotopic (exact) mass is 256 g/mol. The predicted octanol–water partition coefficient (Wildman–Crippen LogP) is 2.59. The van der Waals surface area contributed by atoms with E-state index in [1.54, 1.807) is 23.6 Å². The molecule has 18 heavy (non-hydrogen) atoms. The predicted molar refractivity (Wildman–Crippen MR) is 65.9 cm³/mol. The van der Waals surface area contributed by atoms with Crippen LogP contribution in [0.5, 0.6) is 0 Å². The first kappa shape index (κ1) is 10.7. The lowest BCUT2D eigenvalue weighted by atomic mass is 10.3. The van der Waals surface area contributed by atoms with Crippen molar-refractivity contribution in [3.05, 3.63) is 46.0 Å². The van der Waals surface area contributed by atoms with Crippen molar-refractivity contribution in [1.82, 2.24) is 15.1 Å². The van der Waals surface area contributed by atoms with E-state index in [9.17, 15) is 0 Å². The molecule has 0 fully saturated rings. The van der Waals surface area contributed by atoms with Crippen LogP contribution in [-0.4, -0.2) is 15.1 Å². The summed E-state index contributed by atoms with van der Waals surface area (Å²) in [6.45, 7) is 0. The van der Waals surface area contributed by atoms with Crippen molar-refractivity contribution in [2.75, 3.05) is 0 Å². The number of hydrogen-bond donors (Lipinski definition) is 1. The highest BCUT2D eigenvalue weighted by atomic mass is 32.1. The number of nitrogens with zero attached hydrogens (tertiary/aromatic N) is 3. The summed E-state index contributed by atoms with van der Waals surface area (Å²) >= 11 is 1.66. The maximum absolute atomic E-state index is 8.74. The second-order valence-electron chi connectivity index (χ2n) is 3.69. The fraction of sp³-hybridized carbons (Fsp3) is 0.0833. The molecule has 0 atom stereocenters. The molecule has 0 aliphatic rings. The molecule has 0 unspecified atom stereocenters. The zero-order chi connectivity index (χ0) is 12.4. The van der Waals surface area contributed by atoms with Crippen molar-refractivity contribution in [2.24, 2.45) is 0 Å². The molecule has 0 radical (unpaired) electrons. The van der Waals surface area contributed by atoms with Crippen LogP contribution < -0.4 is 0 Å². The molecule has 0 saturated carbocycles. The van der Waals surface area contributed by atoms with Gasteiger partial charge in [-0.1, -0.05) is 11.2 Å². The Bertz CT molecular complexity index is 690. The van der Waals surface area contributed by atoms with Gasteiger partial charge in [0.25, 0.3) is 5.89 Å². The maximum atomic E-state index is 8.74. The van der Waals surface area contributed by atoms with Gasteiger partial charge in [-0.2, -0.15) is 10.2 Å². The normalized spacial score (nSPS) is 10.4. The molecule has 5 nitrogen and oxygen atoms in total. The number of H-pyrrole nitrogens is 1. The smallest absolute Gasteiger partial charge is 0.274 e. The fourth-order valence-electron chi connectivity index (χ4n) is 1.59. The molecule has 3 aromatic heterocycles. The maximum Gasteiger partial charge on any atom is 0.274 e. The third kappa shape index (κ3) is 2.04. The lowest BCUT2D eigenvalue weighted by Crippen LogP contribution is -1.87. The molecule has 6 heteroatoms. The van der Waals surface area contributed by atoms with Crippen LogP contribution in [0.1, 0.15) is 16.3 Å². The topological polar surface area (TPSA) is 78.5 Å². The van der Waals surface area contributed by atoms with Crippen molar-refractivity contribution in [3.63, 3.8) is 0 Å². The second kappa shape index (κ2) is 4.47. The highest BCUT2D eigenvalue weighted by Gasteiger charge is 2.11. The average Bonchev–Trinajstić information content (AvgIpc) is 3.09. The molecule has 0 aliphatic heterocycles. The summed E-state index contributed by atoms with van der Waals surface area (Å²) in [5.41, 5.74) is 1.21. The van der Waals surface area contributed by atoms with Crippen molar-refractivity contribution < 1.29 is 4.52 Å². The first-order valence-corrected chi connectivity index (χ1v) is 6.17. The minimum atomic E-state index is 0.406. The quantitative estimate of drug-likeness (QED) is 0.781. The number of hydrogen-bond acceptors (Lipinski definition) is 5. The molecule has 1 N–H and O–H groups in total. The van der Waals surface area contributed by atoms with Gasteiger partial charge in [0, 0.05) is 17.5 Å². The molecule has 3 heterocycles. The van der Waals surface area contributed by atoms with E-state index in [1.807, 2.05) is 23.6 Å². The molecular formula is C12H8N4OS. The Morgan fingerprint density at radius 2 is 2.44 bits per heavy atom. The van der Waals surface area contributed by atoms with Crippen LogP contribution in [0.15, 0.2) is 34.3 Å². The molecule has 0 spiro atoms. The van der Waals surface area contributed by atoms with Crippen LogP contribution in [0, 0.1) is 11.3 Å². The van der Waals surface area contributed by atoms with Crippen LogP contribution in [-0.2, 0) is 6.42 Å². The SMILES string of the molecule is N#Cc1c[nH]c(-c2nc(Cc3cccs3)no2)c1. The summed E-state index contributed by atoms with van der Waals surface area (Å²) in [5.74, 6) is 1.05. The van der Waals surface area contributed by atoms with E-state index < -0.39 is 0 Å². The van der Waals surface area contributed by atoms with Crippen LogP contribution in [0.4, 0.5) is 0 Å². The molecule has 0 aliphatic carbocycles. The number of nitriles is 1. The van der Waals surface area contributed by atoms with E-state index in [0.29, 0.717) is 29.4 Å². The van der Waals surface area contributed by atoms with Gasteiger partial charge in [0.1, 0.15) is 11.8 Å². The summed E-state index contributed by atoms with van der Waals surface area (Å²) in [6, 6.07) is 7.75. The minimum Gasteiger partial charge on any atom is -0.356 e.